The van der Waals surface area contributed by atoms with Crippen LogP contribution in [0.25, 0.3) is 11.3 Å². The number of nitriles is 1. The largest absolute Gasteiger partial charge is 0.435 e. The Morgan fingerprint density at radius 2 is 1.86 bits per heavy atom. The molecule has 0 amide bonds. The third-order valence-corrected chi connectivity index (χ3v) is 7.61. The summed E-state index contributed by atoms with van der Waals surface area (Å²) in [4.78, 5) is 12.6. The Bertz CT molecular complexity index is 1800. The number of pyridine rings is 1. The maximum Gasteiger partial charge on any atom is 0.237 e. The molecule has 222 valence electrons. The highest BCUT2D eigenvalue weighted by atomic mass is 32.2. The van der Waals surface area contributed by atoms with Gasteiger partial charge in [-0.15, -0.1) is 0 Å². The molecule has 2 aromatic carbocycles. The fourth-order valence-corrected chi connectivity index (χ4v) is 5.66. The Morgan fingerprint density at radius 1 is 1.05 bits per heavy atom. The number of nitrogens with zero attached hydrogens (tertiary/aromatic N) is 4. The zero-order chi connectivity index (χ0) is 30.6. The first-order valence-electron chi connectivity index (χ1n) is 12.9. The van der Waals surface area contributed by atoms with E-state index in [1.807, 2.05) is 6.07 Å². The fraction of sp³-hybridized carbons (Fsp3) is 0.214. The van der Waals surface area contributed by atoms with Crippen LogP contribution in [0.2, 0.25) is 0 Å². The molecule has 1 fully saturated rings. The molecule has 1 saturated heterocycles. The molecule has 0 spiro atoms. The highest BCUT2D eigenvalue weighted by molar-refractivity contribution is 7.91. The minimum Gasteiger partial charge on any atom is -0.435 e. The fourth-order valence-electron chi connectivity index (χ4n) is 4.42. The van der Waals surface area contributed by atoms with Crippen molar-refractivity contribution in [1.82, 2.24) is 20.3 Å². The van der Waals surface area contributed by atoms with Gasteiger partial charge in [-0.3, -0.25) is 4.72 Å². The number of alkyl halides is 1. The number of ether oxygens (including phenoxy) is 1. The summed E-state index contributed by atoms with van der Waals surface area (Å²) < 4.78 is 91.3. The molecule has 4 aromatic rings. The van der Waals surface area contributed by atoms with Crippen molar-refractivity contribution < 1.29 is 30.7 Å². The molecule has 0 aliphatic carbocycles. The highest BCUT2D eigenvalue weighted by Gasteiger charge is 2.26. The van der Waals surface area contributed by atoms with Crippen molar-refractivity contribution in [2.75, 3.05) is 23.1 Å². The molecule has 0 radical (unpaired) electrons. The monoisotopic (exact) mass is 613 g/mol. The van der Waals surface area contributed by atoms with E-state index in [9.17, 15) is 22.5 Å². The number of aromatic nitrogens is 3. The van der Waals surface area contributed by atoms with Crippen molar-refractivity contribution in [2.24, 2.45) is 0 Å². The maximum absolute atomic E-state index is 15.1. The second kappa shape index (κ2) is 12.6. The molecule has 2 atom stereocenters. The second-order valence-electron chi connectivity index (χ2n) is 9.55. The van der Waals surface area contributed by atoms with Crippen LogP contribution in [0.5, 0.6) is 11.6 Å². The Balaban J connectivity index is 1.38. The first-order chi connectivity index (χ1) is 20.6. The van der Waals surface area contributed by atoms with E-state index in [2.05, 4.69) is 25.6 Å². The molecular weight excluding hydrogens is 590 g/mol. The van der Waals surface area contributed by atoms with Gasteiger partial charge in [0.25, 0.3) is 0 Å². The molecule has 0 bridgehead atoms. The summed E-state index contributed by atoms with van der Waals surface area (Å²) in [6.45, 7) is 0.766. The number of hydrogen-bond donors (Lipinski definition) is 3. The zero-order valence-electron chi connectivity index (χ0n) is 22.2. The van der Waals surface area contributed by atoms with Crippen LogP contribution < -0.4 is 20.1 Å². The quantitative estimate of drug-likeness (QED) is 0.181. The molecule has 3 N–H and O–H groups in total. The molecular formula is C28H23F4N7O3S. The van der Waals surface area contributed by atoms with E-state index >= 15 is 8.78 Å². The van der Waals surface area contributed by atoms with Gasteiger partial charge in [0.1, 0.15) is 11.9 Å². The molecule has 10 nitrogen and oxygen atoms in total. The summed E-state index contributed by atoms with van der Waals surface area (Å²) in [7, 11) is -4.46. The normalized spacial score (nSPS) is 16.7. The van der Waals surface area contributed by atoms with Gasteiger partial charge in [0.05, 0.1) is 28.6 Å². The first kappa shape index (κ1) is 29.7. The van der Waals surface area contributed by atoms with Gasteiger partial charge < -0.3 is 15.4 Å². The van der Waals surface area contributed by atoms with Gasteiger partial charge in [-0.1, -0.05) is 18.2 Å². The van der Waals surface area contributed by atoms with Gasteiger partial charge in [-0.25, -0.2) is 36.5 Å². The Hall–Kier alpha value is -4.81. The zero-order valence-corrected chi connectivity index (χ0v) is 23.0. The predicted molar refractivity (Wildman–Crippen MR) is 149 cm³/mol. The predicted octanol–water partition coefficient (Wildman–Crippen LogP) is 4.67. The smallest absolute Gasteiger partial charge is 0.237 e. The lowest BCUT2D eigenvalue weighted by Gasteiger charge is -2.26. The van der Waals surface area contributed by atoms with E-state index < -0.39 is 50.8 Å². The van der Waals surface area contributed by atoms with Gasteiger partial charge in [0, 0.05) is 44.0 Å². The number of hydrogen-bond acceptors (Lipinski definition) is 9. The van der Waals surface area contributed by atoms with Gasteiger partial charge in [0.15, 0.2) is 17.4 Å². The minimum absolute atomic E-state index is 0.0564. The first-order valence-corrected chi connectivity index (χ1v) is 14.5. The van der Waals surface area contributed by atoms with Crippen LogP contribution in [0, 0.1) is 28.8 Å². The lowest BCUT2D eigenvalue weighted by atomic mass is 10.1. The molecule has 1 aliphatic rings. The summed E-state index contributed by atoms with van der Waals surface area (Å²) >= 11 is 0. The summed E-state index contributed by atoms with van der Waals surface area (Å²) in [6.07, 6.45) is 1.98. The van der Waals surface area contributed by atoms with E-state index in [-0.39, 0.29) is 53.2 Å². The van der Waals surface area contributed by atoms with Gasteiger partial charge >= 0.3 is 0 Å². The summed E-state index contributed by atoms with van der Waals surface area (Å²) in [5.41, 5.74) is -0.615. The van der Waals surface area contributed by atoms with Crippen LogP contribution in [0.15, 0.2) is 60.9 Å². The molecule has 0 saturated carbocycles. The van der Waals surface area contributed by atoms with Crippen molar-refractivity contribution in [1.29, 1.82) is 5.26 Å². The van der Waals surface area contributed by atoms with Crippen molar-refractivity contribution in [3.63, 3.8) is 0 Å². The third kappa shape index (κ3) is 6.99. The van der Waals surface area contributed by atoms with E-state index in [0.717, 1.165) is 0 Å². The molecule has 3 heterocycles. The number of anilines is 2. The van der Waals surface area contributed by atoms with Gasteiger partial charge in [-0.2, -0.15) is 9.65 Å². The Labute approximate surface area is 243 Å². The van der Waals surface area contributed by atoms with E-state index in [0.29, 0.717) is 12.6 Å². The third-order valence-electron chi connectivity index (χ3n) is 6.41. The lowest BCUT2D eigenvalue weighted by molar-refractivity contribution is 0.254. The van der Waals surface area contributed by atoms with E-state index in [4.69, 9.17) is 4.74 Å². The molecule has 15 heteroatoms. The number of sulfonamides is 1. The van der Waals surface area contributed by atoms with Crippen molar-refractivity contribution >= 4 is 21.7 Å². The van der Waals surface area contributed by atoms with Crippen LogP contribution in [0.3, 0.4) is 0 Å². The number of piperidine rings is 1. The van der Waals surface area contributed by atoms with Gasteiger partial charge in [-0.05, 0) is 29.8 Å². The Kier molecular flexibility index (Phi) is 8.69. The highest BCUT2D eigenvalue weighted by Crippen LogP contribution is 2.36. The van der Waals surface area contributed by atoms with E-state index in [1.165, 1.54) is 54.9 Å². The summed E-state index contributed by atoms with van der Waals surface area (Å²) in [6, 6.07) is 12.4. The summed E-state index contributed by atoms with van der Waals surface area (Å²) in [5, 5.41) is 15.2. The standard InChI is InChI=1S/C28H23F4N7O3S/c29-18-10-19(14-34-13-18)37-28-36-9-7-22(38-28)20-6-3-8-35-27(20)42-23-11-21(30)26(25(32)24(23)31)39-43(40,41)15-17-5-2-1-4-16(17)12-33/h1-9,11,18-19,34,39H,10,13-15H2,(H,36,37,38)/t18-,19?/m0/s1. The maximum atomic E-state index is 15.1. The number of halogens is 4. The van der Waals surface area contributed by atoms with Crippen LogP contribution in [-0.2, 0) is 15.8 Å². The average molecular weight is 614 g/mol. The number of rotatable bonds is 9. The summed E-state index contributed by atoms with van der Waals surface area (Å²) in [5.74, 6) is -6.73. The van der Waals surface area contributed by atoms with Crippen molar-refractivity contribution in [3.05, 3.63) is 89.5 Å². The van der Waals surface area contributed by atoms with Crippen LogP contribution in [0.1, 0.15) is 17.5 Å². The molecule has 1 aliphatic heterocycles. The minimum atomic E-state index is -4.46. The molecule has 2 aromatic heterocycles. The lowest BCUT2D eigenvalue weighted by Crippen LogP contribution is -2.44. The molecule has 1 unspecified atom stereocenters. The van der Waals surface area contributed by atoms with Crippen molar-refractivity contribution in [3.8, 4) is 29.0 Å². The Morgan fingerprint density at radius 3 is 2.65 bits per heavy atom. The molecule has 5 rings (SSSR count). The SMILES string of the molecule is N#Cc1ccccc1CS(=O)(=O)Nc1c(F)cc(Oc2ncccc2-c2ccnc(NC3CNC[C@@H](F)C3)n2)c(F)c1F. The second-order valence-corrected chi connectivity index (χ2v) is 11.3. The number of benzene rings is 2. The van der Waals surface area contributed by atoms with Gasteiger partial charge in [0.2, 0.25) is 27.7 Å². The topological polar surface area (TPSA) is 142 Å². The van der Waals surface area contributed by atoms with Crippen LogP contribution in [0.4, 0.5) is 29.2 Å². The average Bonchev–Trinajstić information content (AvgIpc) is 2.98. The number of nitrogens with one attached hydrogen (secondary N) is 3. The van der Waals surface area contributed by atoms with E-state index in [1.54, 1.807) is 4.72 Å². The van der Waals surface area contributed by atoms with Crippen molar-refractivity contribution in [2.45, 2.75) is 24.4 Å². The van der Waals surface area contributed by atoms with Crippen LogP contribution >= 0.6 is 0 Å². The van der Waals surface area contributed by atoms with Crippen LogP contribution in [-0.4, -0.2) is 48.7 Å². The molecule has 43 heavy (non-hydrogen) atoms.